The average Bonchev–Trinajstić information content (AvgIpc) is 3.09. The molecule has 168 valence electrons. The fourth-order valence-corrected chi connectivity index (χ4v) is 5.41. The van der Waals surface area contributed by atoms with Gasteiger partial charge in [0.1, 0.15) is 22.8 Å². The SMILES string of the molecule is COC(=O)C[C@]12CCCC(O)=C1C(=O)c1c(O)cc3c(c1O2)-c1cccc2c(=O)on(c12)C3. The molecule has 3 aromatic rings. The molecule has 0 radical (unpaired) electrons. The van der Waals surface area contributed by atoms with E-state index in [4.69, 9.17) is 14.0 Å². The first kappa shape index (κ1) is 19.7. The number of benzene rings is 2. The summed E-state index contributed by atoms with van der Waals surface area (Å²) in [6, 6.07) is 6.60. The van der Waals surface area contributed by atoms with Crippen molar-refractivity contribution < 1.29 is 33.8 Å². The number of aliphatic hydroxyl groups is 1. The van der Waals surface area contributed by atoms with Crippen LogP contribution in [0.4, 0.5) is 0 Å². The lowest BCUT2D eigenvalue weighted by Gasteiger charge is -2.43. The summed E-state index contributed by atoms with van der Waals surface area (Å²) in [4.78, 5) is 38.3. The predicted molar refractivity (Wildman–Crippen MR) is 115 cm³/mol. The van der Waals surface area contributed by atoms with Gasteiger partial charge in [-0.05, 0) is 30.5 Å². The van der Waals surface area contributed by atoms with Crippen LogP contribution in [0, 0.1) is 0 Å². The summed E-state index contributed by atoms with van der Waals surface area (Å²) < 4.78 is 18.1. The van der Waals surface area contributed by atoms with Gasteiger partial charge in [0.2, 0.25) is 5.78 Å². The van der Waals surface area contributed by atoms with Gasteiger partial charge in [-0.15, -0.1) is 0 Å². The molecule has 3 heterocycles. The molecule has 1 aromatic heterocycles. The van der Waals surface area contributed by atoms with Crippen LogP contribution in [-0.4, -0.2) is 39.4 Å². The molecule has 33 heavy (non-hydrogen) atoms. The number of carbonyl (C=O) groups excluding carboxylic acids is 2. The Morgan fingerprint density at radius 3 is 2.85 bits per heavy atom. The minimum Gasteiger partial charge on any atom is -0.512 e. The maximum Gasteiger partial charge on any atom is 0.365 e. The topological polar surface area (TPSA) is 128 Å². The van der Waals surface area contributed by atoms with Gasteiger partial charge >= 0.3 is 11.6 Å². The number of ether oxygens (including phenoxy) is 2. The second-order valence-corrected chi connectivity index (χ2v) is 8.60. The molecule has 1 aliphatic carbocycles. The van der Waals surface area contributed by atoms with Crippen LogP contribution in [-0.2, 0) is 16.1 Å². The summed E-state index contributed by atoms with van der Waals surface area (Å²) in [5.41, 5.74) is 0.334. The van der Waals surface area contributed by atoms with Gasteiger partial charge in [-0.2, -0.15) is 0 Å². The largest absolute Gasteiger partial charge is 0.512 e. The highest BCUT2D eigenvalue weighted by molar-refractivity contribution is 6.17. The van der Waals surface area contributed by atoms with E-state index in [1.807, 2.05) is 0 Å². The number of rotatable bonds is 2. The molecule has 2 N–H and O–H groups in total. The van der Waals surface area contributed by atoms with Crippen molar-refractivity contribution in [3.8, 4) is 22.6 Å². The summed E-state index contributed by atoms with van der Waals surface area (Å²) in [5, 5.41) is 21.8. The van der Waals surface area contributed by atoms with Crippen molar-refractivity contribution in [2.45, 2.75) is 37.8 Å². The van der Waals surface area contributed by atoms with E-state index in [1.54, 1.807) is 18.2 Å². The number of allylic oxidation sites excluding steroid dienone is 1. The lowest BCUT2D eigenvalue weighted by atomic mass is 9.73. The van der Waals surface area contributed by atoms with Crippen LogP contribution in [0.25, 0.3) is 22.0 Å². The molecule has 0 spiro atoms. The van der Waals surface area contributed by atoms with Crippen LogP contribution in [0.2, 0.25) is 0 Å². The van der Waals surface area contributed by atoms with Gasteiger partial charge in [0.25, 0.3) is 0 Å². The summed E-state index contributed by atoms with van der Waals surface area (Å²) in [5.74, 6) is -1.50. The van der Waals surface area contributed by atoms with Crippen LogP contribution in [0.3, 0.4) is 0 Å². The molecule has 0 bridgehead atoms. The van der Waals surface area contributed by atoms with Crippen LogP contribution in [0.15, 0.2) is 44.9 Å². The van der Waals surface area contributed by atoms with Gasteiger partial charge in [0.15, 0.2) is 5.60 Å². The number of phenolic OH excluding ortho intramolecular Hbond substituents is 1. The lowest BCUT2D eigenvalue weighted by Crippen LogP contribution is -2.49. The van der Waals surface area contributed by atoms with E-state index in [2.05, 4.69) is 0 Å². The number of aliphatic hydroxyl groups excluding tert-OH is 1. The number of phenols is 1. The number of nitrogens with zero attached hydrogens (tertiary/aromatic N) is 1. The summed E-state index contributed by atoms with van der Waals surface area (Å²) >= 11 is 0. The second-order valence-electron chi connectivity index (χ2n) is 8.60. The standard InChI is InChI=1S/C24H19NO8/c1-31-16(28)9-24-7-3-6-14(26)19(24)21(29)18-15(27)8-11-10-25-20-12(17(11)22(18)32-24)4-2-5-13(20)23(30)33-25/h2,4-5,8,26-27H,3,6-7,9-10H2,1H3/t24-/m1/s1. The van der Waals surface area contributed by atoms with Crippen molar-refractivity contribution in [1.82, 2.24) is 4.74 Å². The quantitative estimate of drug-likeness (QED) is 0.447. The highest BCUT2D eigenvalue weighted by Crippen LogP contribution is 2.54. The van der Waals surface area contributed by atoms with E-state index in [9.17, 15) is 24.6 Å². The van der Waals surface area contributed by atoms with Crippen molar-refractivity contribution >= 4 is 22.7 Å². The summed E-state index contributed by atoms with van der Waals surface area (Å²) in [7, 11) is 1.25. The molecule has 0 saturated carbocycles. The lowest BCUT2D eigenvalue weighted by molar-refractivity contribution is -0.144. The molecule has 2 aliphatic heterocycles. The first-order valence-electron chi connectivity index (χ1n) is 10.6. The van der Waals surface area contributed by atoms with Crippen molar-refractivity contribution in [3.63, 3.8) is 0 Å². The number of fused-ring (bicyclic) bond motifs is 5. The fourth-order valence-electron chi connectivity index (χ4n) is 5.41. The van der Waals surface area contributed by atoms with Crippen molar-refractivity contribution in [3.05, 3.63) is 57.1 Å². The predicted octanol–water partition coefficient (Wildman–Crippen LogP) is 3.20. The smallest absolute Gasteiger partial charge is 0.365 e. The van der Waals surface area contributed by atoms with Crippen LogP contribution in [0.1, 0.15) is 41.6 Å². The molecular weight excluding hydrogens is 430 g/mol. The van der Waals surface area contributed by atoms with Crippen LogP contribution < -0.4 is 10.4 Å². The van der Waals surface area contributed by atoms with E-state index in [0.717, 1.165) is 0 Å². The molecular formula is C24H19NO8. The van der Waals surface area contributed by atoms with Gasteiger partial charge in [-0.3, -0.25) is 9.59 Å². The zero-order chi connectivity index (χ0) is 23.1. The second kappa shape index (κ2) is 6.50. The molecule has 3 aliphatic rings. The number of esters is 1. The number of hydrogen-bond donors (Lipinski definition) is 2. The third kappa shape index (κ3) is 2.50. The summed E-state index contributed by atoms with van der Waals surface area (Å²) in [6.07, 6.45) is 0.832. The van der Waals surface area contributed by atoms with E-state index < -0.39 is 23.0 Å². The number of carbonyl (C=O) groups is 2. The monoisotopic (exact) mass is 449 g/mol. The number of ketones is 1. The Labute approximate surface area is 186 Å². The number of Topliss-reactive ketones (excluding diaryl/α,β-unsaturated/α-hetero) is 1. The molecule has 2 aromatic carbocycles. The Hall–Kier alpha value is -4.01. The minimum atomic E-state index is -1.41. The van der Waals surface area contributed by atoms with Gasteiger partial charge in [0.05, 0.1) is 36.6 Å². The third-order valence-corrected chi connectivity index (χ3v) is 6.77. The average molecular weight is 449 g/mol. The fraction of sp³-hybridized carbons (Fsp3) is 0.292. The first-order valence-corrected chi connectivity index (χ1v) is 10.6. The molecule has 9 heteroatoms. The molecule has 0 unspecified atom stereocenters. The van der Waals surface area contributed by atoms with Crippen LogP contribution >= 0.6 is 0 Å². The highest BCUT2D eigenvalue weighted by Gasteiger charge is 2.52. The zero-order valence-electron chi connectivity index (χ0n) is 17.6. The maximum atomic E-state index is 13.7. The van der Waals surface area contributed by atoms with Gasteiger partial charge in [0, 0.05) is 17.5 Å². The molecule has 0 fully saturated rings. The third-order valence-electron chi connectivity index (χ3n) is 6.77. The maximum absolute atomic E-state index is 13.7. The van der Waals surface area contributed by atoms with E-state index in [-0.39, 0.29) is 47.8 Å². The molecule has 9 nitrogen and oxygen atoms in total. The molecule has 6 rings (SSSR count). The Morgan fingerprint density at radius 2 is 2.06 bits per heavy atom. The van der Waals surface area contributed by atoms with Gasteiger partial charge in [-0.25, -0.2) is 9.53 Å². The van der Waals surface area contributed by atoms with E-state index in [0.29, 0.717) is 40.4 Å². The van der Waals surface area contributed by atoms with Crippen molar-refractivity contribution in [2.24, 2.45) is 0 Å². The Balaban J connectivity index is 1.67. The number of aromatic hydroxyl groups is 1. The number of aromatic nitrogens is 1. The molecule has 0 saturated heterocycles. The van der Waals surface area contributed by atoms with E-state index in [1.165, 1.54) is 17.9 Å². The Kier molecular flexibility index (Phi) is 3.87. The van der Waals surface area contributed by atoms with Crippen LogP contribution in [0.5, 0.6) is 11.5 Å². The Morgan fingerprint density at radius 1 is 1.24 bits per heavy atom. The summed E-state index contributed by atoms with van der Waals surface area (Å²) in [6.45, 7) is 0.154. The van der Waals surface area contributed by atoms with Gasteiger partial charge < -0.3 is 24.2 Å². The van der Waals surface area contributed by atoms with E-state index >= 15 is 0 Å². The zero-order valence-corrected chi connectivity index (χ0v) is 17.6. The van der Waals surface area contributed by atoms with Crippen molar-refractivity contribution in [2.75, 3.05) is 7.11 Å². The Bertz CT molecular complexity index is 1490. The minimum absolute atomic E-state index is 0.0175. The van der Waals surface area contributed by atoms with Crippen molar-refractivity contribution in [1.29, 1.82) is 0 Å². The number of hydrogen-bond acceptors (Lipinski definition) is 8. The number of para-hydroxylation sites is 1. The molecule has 1 atom stereocenters. The highest BCUT2D eigenvalue weighted by atomic mass is 16.5. The first-order chi connectivity index (χ1) is 15.8. The number of methoxy groups -OCH3 is 1. The molecule has 0 amide bonds. The van der Waals surface area contributed by atoms with Gasteiger partial charge in [-0.1, -0.05) is 12.1 Å². The normalized spacial score (nSPS) is 20.7.